The van der Waals surface area contributed by atoms with E-state index >= 15 is 0 Å². The Morgan fingerprint density at radius 2 is 1.63 bits per heavy atom. The molecule has 0 aliphatic rings. The number of ether oxygens (including phenoxy) is 1. The average molecular weight is 534 g/mol. The molecule has 0 bridgehead atoms. The van der Waals surface area contributed by atoms with Crippen molar-refractivity contribution in [1.82, 2.24) is 15.5 Å². The molecule has 3 unspecified atom stereocenters. The van der Waals surface area contributed by atoms with Gasteiger partial charge in [-0.15, -0.1) is 0 Å². The zero-order valence-corrected chi connectivity index (χ0v) is 25.0. The Balaban J connectivity index is 3.53. The molecule has 0 aliphatic carbocycles. The number of benzene rings is 1. The second kappa shape index (κ2) is 15.0. The predicted octanol–water partition coefficient (Wildman–Crippen LogP) is 6.09. The minimum Gasteiger partial charge on any atom is -0.508 e. The summed E-state index contributed by atoms with van der Waals surface area (Å²) in [5.41, 5.74) is -0.746. The van der Waals surface area contributed by atoms with E-state index < -0.39 is 29.3 Å². The number of carbonyl (C=O) groups excluding carboxylic acids is 3. The molecule has 3 amide bonds. The summed E-state index contributed by atoms with van der Waals surface area (Å²) < 4.78 is 5.46. The lowest BCUT2D eigenvalue weighted by molar-refractivity contribution is -0.144. The van der Waals surface area contributed by atoms with Crippen molar-refractivity contribution in [2.45, 2.75) is 124 Å². The van der Waals surface area contributed by atoms with Crippen LogP contribution in [0.3, 0.4) is 0 Å². The number of aromatic hydroxyl groups is 1. The summed E-state index contributed by atoms with van der Waals surface area (Å²) in [4.78, 5) is 42.3. The summed E-state index contributed by atoms with van der Waals surface area (Å²) >= 11 is 0. The summed E-state index contributed by atoms with van der Waals surface area (Å²) in [5.74, 6) is -0.881. The van der Waals surface area contributed by atoms with Crippen LogP contribution in [-0.2, 0) is 14.3 Å². The van der Waals surface area contributed by atoms with Gasteiger partial charge in [-0.25, -0.2) is 4.79 Å². The highest BCUT2D eigenvalue weighted by Crippen LogP contribution is 2.28. The van der Waals surface area contributed by atoms with Gasteiger partial charge in [0.25, 0.3) is 0 Å². The maximum Gasteiger partial charge on any atom is 0.408 e. The van der Waals surface area contributed by atoms with Crippen LogP contribution in [0.5, 0.6) is 5.75 Å². The van der Waals surface area contributed by atoms with Crippen molar-refractivity contribution in [2.75, 3.05) is 6.54 Å². The molecule has 1 aromatic carbocycles. The smallest absolute Gasteiger partial charge is 0.408 e. The van der Waals surface area contributed by atoms with E-state index in [4.69, 9.17) is 4.74 Å². The number of hydrogen-bond donors (Lipinski definition) is 3. The molecule has 1 rings (SSSR count). The number of rotatable bonds is 13. The normalized spacial score (nSPS) is 14.2. The molecule has 0 radical (unpaired) electrons. The van der Waals surface area contributed by atoms with Gasteiger partial charge in [0, 0.05) is 12.1 Å². The van der Waals surface area contributed by atoms with Gasteiger partial charge in [0.15, 0.2) is 0 Å². The van der Waals surface area contributed by atoms with Crippen LogP contribution in [0.15, 0.2) is 24.3 Å². The quantitative estimate of drug-likeness (QED) is 0.266. The summed E-state index contributed by atoms with van der Waals surface area (Å²) in [6.45, 7) is 17.3. The fraction of sp³-hybridized carbons (Fsp3) is 0.700. The third kappa shape index (κ3) is 11.7. The Bertz CT molecular complexity index is 904. The fourth-order valence-electron chi connectivity index (χ4n) is 4.15. The predicted molar refractivity (Wildman–Crippen MR) is 152 cm³/mol. The van der Waals surface area contributed by atoms with Crippen LogP contribution in [0.4, 0.5) is 4.79 Å². The monoisotopic (exact) mass is 533 g/mol. The Labute approximate surface area is 229 Å². The first-order valence-electron chi connectivity index (χ1n) is 14.0. The highest BCUT2D eigenvalue weighted by atomic mass is 16.6. The molecule has 1 aromatic rings. The van der Waals surface area contributed by atoms with E-state index in [1.54, 1.807) is 37.8 Å². The molecule has 216 valence electrons. The van der Waals surface area contributed by atoms with E-state index in [-0.39, 0.29) is 23.5 Å². The van der Waals surface area contributed by atoms with Gasteiger partial charge in [0.05, 0.1) is 0 Å². The average Bonchev–Trinajstić information content (AvgIpc) is 2.78. The number of unbranched alkanes of at least 4 members (excludes halogenated alkanes) is 4. The van der Waals surface area contributed by atoms with E-state index in [9.17, 15) is 19.5 Å². The number of alkyl carbamates (subject to hydrolysis) is 1. The molecular formula is C30H51N3O5. The van der Waals surface area contributed by atoms with E-state index in [1.165, 1.54) is 12.1 Å². The van der Waals surface area contributed by atoms with Gasteiger partial charge in [0.2, 0.25) is 11.8 Å². The van der Waals surface area contributed by atoms with Crippen LogP contribution in [0, 0.1) is 5.92 Å². The Morgan fingerprint density at radius 1 is 1.00 bits per heavy atom. The highest BCUT2D eigenvalue weighted by Gasteiger charge is 2.38. The Morgan fingerprint density at radius 3 is 2.16 bits per heavy atom. The number of phenols is 1. The van der Waals surface area contributed by atoms with Crippen molar-refractivity contribution in [1.29, 1.82) is 0 Å². The number of nitrogens with one attached hydrogen (secondary N) is 2. The Kier molecular flexibility index (Phi) is 13.1. The van der Waals surface area contributed by atoms with Gasteiger partial charge in [-0.1, -0.05) is 65.0 Å². The lowest BCUT2D eigenvalue weighted by Crippen LogP contribution is -2.56. The van der Waals surface area contributed by atoms with Crippen LogP contribution in [0.25, 0.3) is 0 Å². The molecule has 3 atom stereocenters. The number of amides is 3. The van der Waals surface area contributed by atoms with Gasteiger partial charge in [-0.3, -0.25) is 9.59 Å². The lowest BCUT2D eigenvalue weighted by Gasteiger charge is -2.37. The molecule has 38 heavy (non-hydrogen) atoms. The second-order valence-corrected chi connectivity index (χ2v) is 12.2. The molecule has 0 aromatic heterocycles. The van der Waals surface area contributed by atoms with Crippen LogP contribution >= 0.6 is 0 Å². The van der Waals surface area contributed by atoms with Crippen LogP contribution in [-0.4, -0.2) is 51.6 Å². The minimum absolute atomic E-state index is 0.0109. The lowest BCUT2D eigenvalue weighted by atomic mass is 9.95. The van der Waals surface area contributed by atoms with Crippen LogP contribution in [0.1, 0.15) is 112 Å². The Hall–Kier alpha value is -2.77. The summed E-state index contributed by atoms with van der Waals surface area (Å²) in [6.07, 6.45) is 4.83. The molecule has 0 saturated carbocycles. The maximum absolute atomic E-state index is 14.2. The van der Waals surface area contributed by atoms with Crippen molar-refractivity contribution in [3.05, 3.63) is 29.8 Å². The van der Waals surface area contributed by atoms with Crippen LogP contribution in [0.2, 0.25) is 0 Å². The first-order valence-corrected chi connectivity index (χ1v) is 14.0. The topological polar surface area (TPSA) is 108 Å². The third-order valence-corrected chi connectivity index (χ3v) is 6.18. The second-order valence-electron chi connectivity index (χ2n) is 12.2. The summed E-state index contributed by atoms with van der Waals surface area (Å²) in [5, 5.41) is 16.0. The standard InChI is InChI=1S/C30H51N3O5/c1-10-12-13-14-15-19-33(27(36)24(21(3)11-2)31-28(37)38-30(7,8)9)25(26(35)32-29(4,5)6)22-17-16-18-23(34)20-22/h16-18,20-21,24-25,34H,10-15,19H2,1-9H3,(H,31,37)(H,32,35). The van der Waals surface area contributed by atoms with Crippen molar-refractivity contribution in [3.8, 4) is 5.75 Å². The summed E-state index contributed by atoms with van der Waals surface area (Å²) in [7, 11) is 0. The first kappa shape index (κ1) is 33.3. The molecule has 0 fully saturated rings. The third-order valence-electron chi connectivity index (χ3n) is 6.18. The van der Waals surface area contributed by atoms with Gasteiger partial charge >= 0.3 is 6.09 Å². The number of hydrogen-bond acceptors (Lipinski definition) is 5. The number of nitrogens with zero attached hydrogens (tertiary/aromatic N) is 1. The zero-order chi connectivity index (χ0) is 29.1. The molecule has 0 heterocycles. The molecule has 0 saturated heterocycles. The van der Waals surface area contributed by atoms with E-state index in [2.05, 4.69) is 17.6 Å². The molecule has 8 heteroatoms. The maximum atomic E-state index is 14.2. The molecular weight excluding hydrogens is 482 g/mol. The summed E-state index contributed by atoms with van der Waals surface area (Å²) in [6, 6.07) is 4.59. The molecule has 0 aliphatic heterocycles. The number of phenolic OH excluding ortho intramolecular Hbond substituents is 1. The van der Waals surface area contributed by atoms with E-state index in [0.29, 0.717) is 24.9 Å². The van der Waals surface area contributed by atoms with Crippen LogP contribution < -0.4 is 10.6 Å². The van der Waals surface area contributed by atoms with Crippen molar-refractivity contribution in [3.63, 3.8) is 0 Å². The van der Waals surface area contributed by atoms with Crippen molar-refractivity contribution < 1.29 is 24.2 Å². The van der Waals surface area contributed by atoms with Crippen molar-refractivity contribution in [2.24, 2.45) is 5.92 Å². The highest BCUT2D eigenvalue weighted by molar-refractivity contribution is 5.92. The van der Waals surface area contributed by atoms with E-state index in [0.717, 1.165) is 25.7 Å². The van der Waals surface area contributed by atoms with Gasteiger partial charge in [-0.05, 0) is 71.6 Å². The molecule has 0 spiro atoms. The van der Waals surface area contributed by atoms with Gasteiger partial charge in [-0.2, -0.15) is 0 Å². The molecule has 8 nitrogen and oxygen atoms in total. The van der Waals surface area contributed by atoms with Gasteiger partial charge in [0.1, 0.15) is 23.4 Å². The van der Waals surface area contributed by atoms with Gasteiger partial charge < -0.3 is 25.4 Å². The largest absolute Gasteiger partial charge is 0.508 e. The fourth-order valence-corrected chi connectivity index (χ4v) is 4.15. The van der Waals surface area contributed by atoms with Crippen molar-refractivity contribution >= 4 is 17.9 Å². The minimum atomic E-state index is -0.980. The SMILES string of the molecule is CCCCCCCN(C(=O)C(NC(=O)OC(C)(C)C)C(C)CC)C(C(=O)NC(C)(C)C)c1cccc(O)c1. The zero-order valence-electron chi connectivity index (χ0n) is 25.0. The van der Waals surface area contributed by atoms with E-state index in [1.807, 2.05) is 34.6 Å². The first-order chi connectivity index (χ1) is 17.6. The number of carbonyl (C=O) groups is 3. The molecule has 3 N–H and O–H groups in total.